The molecule has 1 aromatic carbocycles. The zero-order chi connectivity index (χ0) is 24.8. The van der Waals surface area contributed by atoms with E-state index in [0.717, 1.165) is 6.07 Å². The predicted octanol–water partition coefficient (Wildman–Crippen LogP) is 3.66. The molecule has 0 radical (unpaired) electrons. The molecule has 2 aromatic rings. The van der Waals surface area contributed by atoms with Gasteiger partial charge in [0.2, 0.25) is 11.8 Å². The molecule has 1 atom stereocenters. The number of nitrogens with zero attached hydrogens (tertiary/aromatic N) is 2. The summed E-state index contributed by atoms with van der Waals surface area (Å²) in [6, 6.07) is 5.34. The first-order chi connectivity index (χ1) is 15.4. The Morgan fingerprint density at radius 2 is 1.97 bits per heavy atom. The van der Waals surface area contributed by atoms with Crippen molar-refractivity contribution in [3.63, 3.8) is 0 Å². The maximum absolute atomic E-state index is 12.7. The molecule has 13 heteroatoms. The summed E-state index contributed by atoms with van der Waals surface area (Å²) in [6.45, 7) is 1.59. The molecular formula is C20H20ClF3N4O5. The van der Waals surface area contributed by atoms with Crippen molar-refractivity contribution in [2.45, 2.75) is 32.6 Å². The fourth-order valence-electron chi connectivity index (χ4n) is 2.68. The minimum atomic E-state index is -4.55. The third kappa shape index (κ3) is 7.59. The first kappa shape index (κ1) is 25.8. The first-order valence-electron chi connectivity index (χ1n) is 9.55. The number of aromatic nitrogens is 1. The molecule has 33 heavy (non-hydrogen) atoms. The Kier molecular flexibility index (Phi) is 8.57. The van der Waals surface area contributed by atoms with Crippen LogP contribution in [0.3, 0.4) is 0 Å². The average Bonchev–Trinajstić information content (AvgIpc) is 2.74. The van der Waals surface area contributed by atoms with Gasteiger partial charge in [-0.15, -0.1) is 0 Å². The monoisotopic (exact) mass is 488 g/mol. The molecule has 1 unspecified atom stereocenters. The second-order valence-corrected chi connectivity index (χ2v) is 7.61. The standard InChI is InChI=1S/C20H20ClF3N4O5/c1-11(2)16(27-17(29)12-5-6-14(21)15(8-12)28(31)32)18(30)26-9-13-4-3-7-25-19(13)33-10-20(22,23)24/h3-8,11,16H,9-10H2,1-2H3,(H,26,30)(H,27,29). The average molecular weight is 489 g/mol. The van der Waals surface area contributed by atoms with Gasteiger partial charge < -0.3 is 15.4 Å². The number of nitro benzene ring substituents is 1. The number of hydrogen-bond donors (Lipinski definition) is 2. The maximum atomic E-state index is 12.7. The second-order valence-electron chi connectivity index (χ2n) is 7.21. The third-order valence-corrected chi connectivity index (χ3v) is 4.64. The van der Waals surface area contributed by atoms with Crippen molar-refractivity contribution in [2.24, 2.45) is 5.92 Å². The van der Waals surface area contributed by atoms with E-state index in [4.69, 9.17) is 11.6 Å². The van der Waals surface area contributed by atoms with Gasteiger partial charge in [0.1, 0.15) is 11.1 Å². The van der Waals surface area contributed by atoms with E-state index < -0.39 is 41.3 Å². The van der Waals surface area contributed by atoms with Gasteiger partial charge in [-0.1, -0.05) is 31.5 Å². The zero-order valence-electron chi connectivity index (χ0n) is 17.5. The highest BCUT2D eigenvalue weighted by molar-refractivity contribution is 6.32. The number of pyridine rings is 1. The summed E-state index contributed by atoms with van der Waals surface area (Å²) in [4.78, 5) is 39.3. The van der Waals surface area contributed by atoms with Crippen molar-refractivity contribution in [2.75, 3.05) is 6.61 Å². The Bertz CT molecular complexity index is 1030. The minimum absolute atomic E-state index is 0.0698. The summed E-state index contributed by atoms with van der Waals surface area (Å²) in [5.74, 6) is -2.02. The highest BCUT2D eigenvalue weighted by Crippen LogP contribution is 2.25. The zero-order valence-corrected chi connectivity index (χ0v) is 18.2. The Labute approximate surface area is 191 Å². The smallest absolute Gasteiger partial charge is 0.422 e. The SMILES string of the molecule is CC(C)C(NC(=O)c1ccc(Cl)c([N+](=O)[O-])c1)C(=O)NCc1cccnc1OCC(F)(F)F. The maximum Gasteiger partial charge on any atom is 0.422 e. The number of nitrogens with one attached hydrogen (secondary N) is 2. The van der Waals surface area contributed by atoms with Crippen LogP contribution in [0.5, 0.6) is 5.88 Å². The molecule has 0 aliphatic rings. The molecule has 0 fully saturated rings. The first-order valence-corrected chi connectivity index (χ1v) is 9.92. The molecule has 0 saturated carbocycles. The van der Waals surface area contributed by atoms with Crippen LogP contribution < -0.4 is 15.4 Å². The normalized spacial score (nSPS) is 12.2. The summed E-state index contributed by atoms with van der Waals surface area (Å²) < 4.78 is 42.0. The van der Waals surface area contributed by atoms with E-state index in [1.54, 1.807) is 13.8 Å². The summed E-state index contributed by atoms with van der Waals surface area (Å²) in [7, 11) is 0. The van der Waals surface area contributed by atoms with Crippen LogP contribution in [-0.2, 0) is 11.3 Å². The lowest BCUT2D eigenvalue weighted by molar-refractivity contribution is -0.384. The molecule has 2 N–H and O–H groups in total. The van der Waals surface area contributed by atoms with Gasteiger partial charge in [-0.2, -0.15) is 13.2 Å². The van der Waals surface area contributed by atoms with Crippen LogP contribution in [-0.4, -0.2) is 40.5 Å². The number of benzene rings is 1. The number of carbonyl (C=O) groups excluding carboxylic acids is 2. The predicted molar refractivity (Wildman–Crippen MR) is 112 cm³/mol. The molecule has 0 saturated heterocycles. The van der Waals surface area contributed by atoms with Crippen LogP contribution >= 0.6 is 11.6 Å². The molecule has 1 aromatic heterocycles. The second kappa shape index (κ2) is 10.9. The lowest BCUT2D eigenvalue weighted by atomic mass is 10.0. The van der Waals surface area contributed by atoms with Crippen molar-refractivity contribution in [3.8, 4) is 5.88 Å². The van der Waals surface area contributed by atoms with Crippen molar-refractivity contribution in [3.05, 3.63) is 62.8 Å². The number of amides is 2. The van der Waals surface area contributed by atoms with E-state index in [-0.39, 0.29) is 34.5 Å². The van der Waals surface area contributed by atoms with E-state index in [1.807, 2.05) is 0 Å². The molecule has 9 nitrogen and oxygen atoms in total. The van der Waals surface area contributed by atoms with E-state index in [9.17, 15) is 32.9 Å². The van der Waals surface area contributed by atoms with Gasteiger partial charge in [-0.25, -0.2) is 4.98 Å². The van der Waals surface area contributed by atoms with Gasteiger partial charge in [0.05, 0.1) is 4.92 Å². The molecule has 0 aliphatic carbocycles. The van der Waals surface area contributed by atoms with Gasteiger partial charge in [-0.3, -0.25) is 19.7 Å². The van der Waals surface area contributed by atoms with Gasteiger partial charge in [-0.05, 0) is 24.1 Å². The summed E-state index contributed by atoms with van der Waals surface area (Å²) in [5.41, 5.74) is -0.324. The Morgan fingerprint density at radius 3 is 2.58 bits per heavy atom. The van der Waals surface area contributed by atoms with Gasteiger partial charge >= 0.3 is 6.18 Å². The number of halogens is 4. The summed E-state index contributed by atoms with van der Waals surface area (Å²) in [5, 5.41) is 15.9. The Morgan fingerprint density at radius 1 is 1.27 bits per heavy atom. The lowest BCUT2D eigenvalue weighted by Crippen LogP contribution is -2.49. The lowest BCUT2D eigenvalue weighted by Gasteiger charge is -2.22. The number of nitro groups is 1. The molecule has 2 amide bonds. The van der Waals surface area contributed by atoms with Crippen LogP contribution in [0.4, 0.5) is 18.9 Å². The van der Waals surface area contributed by atoms with Gasteiger partial charge in [0.25, 0.3) is 11.6 Å². The van der Waals surface area contributed by atoms with E-state index >= 15 is 0 Å². The van der Waals surface area contributed by atoms with Crippen molar-refractivity contribution >= 4 is 29.1 Å². The van der Waals surface area contributed by atoms with E-state index in [0.29, 0.717) is 0 Å². The van der Waals surface area contributed by atoms with Crippen LogP contribution in [0.15, 0.2) is 36.5 Å². The number of alkyl halides is 3. The van der Waals surface area contributed by atoms with E-state index in [1.165, 1.54) is 30.5 Å². The summed E-state index contributed by atoms with van der Waals surface area (Å²) >= 11 is 5.75. The molecule has 0 spiro atoms. The number of rotatable bonds is 9. The molecule has 2 rings (SSSR count). The highest BCUT2D eigenvalue weighted by Gasteiger charge is 2.29. The van der Waals surface area contributed by atoms with E-state index in [2.05, 4.69) is 20.4 Å². The topological polar surface area (TPSA) is 123 Å². The number of carbonyl (C=O) groups is 2. The van der Waals surface area contributed by atoms with Crippen molar-refractivity contribution < 1.29 is 32.4 Å². The number of hydrogen-bond acceptors (Lipinski definition) is 6. The van der Waals surface area contributed by atoms with Crippen LogP contribution in [0, 0.1) is 16.0 Å². The highest BCUT2D eigenvalue weighted by atomic mass is 35.5. The molecular weight excluding hydrogens is 469 g/mol. The fraction of sp³-hybridized carbons (Fsp3) is 0.350. The van der Waals surface area contributed by atoms with Crippen LogP contribution in [0.2, 0.25) is 5.02 Å². The molecule has 1 heterocycles. The Balaban J connectivity index is 2.09. The van der Waals surface area contributed by atoms with Crippen LogP contribution in [0.25, 0.3) is 0 Å². The minimum Gasteiger partial charge on any atom is -0.468 e. The van der Waals surface area contributed by atoms with Crippen molar-refractivity contribution in [1.82, 2.24) is 15.6 Å². The van der Waals surface area contributed by atoms with Crippen LogP contribution in [0.1, 0.15) is 29.8 Å². The van der Waals surface area contributed by atoms with Crippen molar-refractivity contribution in [1.29, 1.82) is 0 Å². The molecule has 0 aliphatic heterocycles. The molecule has 178 valence electrons. The summed E-state index contributed by atoms with van der Waals surface area (Å²) in [6.07, 6.45) is -3.30. The number of ether oxygens (including phenoxy) is 1. The third-order valence-electron chi connectivity index (χ3n) is 4.32. The molecule has 0 bridgehead atoms. The van der Waals surface area contributed by atoms with Gasteiger partial charge in [0.15, 0.2) is 6.61 Å². The Hall–Kier alpha value is -3.41. The van der Waals surface area contributed by atoms with Gasteiger partial charge in [0, 0.05) is 29.9 Å². The fourth-order valence-corrected chi connectivity index (χ4v) is 2.87. The largest absolute Gasteiger partial charge is 0.468 e. The quantitative estimate of drug-likeness (QED) is 0.410.